The van der Waals surface area contributed by atoms with Crippen LogP contribution in [0.4, 0.5) is 4.79 Å². The molecule has 1 atom stereocenters. The lowest BCUT2D eigenvalue weighted by molar-refractivity contribution is -0.152. The highest BCUT2D eigenvalue weighted by Crippen LogP contribution is 2.44. The number of hydrogen-bond donors (Lipinski definition) is 1. The van der Waals surface area contributed by atoms with Crippen molar-refractivity contribution in [3.05, 3.63) is 59.7 Å². The maximum atomic E-state index is 12.8. The van der Waals surface area contributed by atoms with Gasteiger partial charge >= 0.3 is 12.1 Å². The van der Waals surface area contributed by atoms with Crippen molar-refractivity contribution in [2.45, 2.75) is 32.3 Å². The van der Waals surface area contributed by atoms with Gasteiger partial charge in [-0.3, -0.25) is 9.59 Å². The Morgan fingerprint density at radius 2 is 1.53 bits per heavy atom. The Bertz CT molecular complexity index is 948. The molecule has 0 spiro atoms. The molecule has 7 heteroatoms. The van der Waals surface area contributed by atoms with E-state index < -0.39 is 29.4 Å². The van der Waals surface area contributed by atoms with Gasteiger partial charge in [-0.2, -0.15) is 0 Å². The van der Waals surface area contributed by atoms with Crippen molar-refractivity contribution < 1.29 is 28.6 Å². The zero-order valence-corrected chi connectivity index (χ0v) is 18.8. The molecule has 0 fully saturated rings. The van der Waals surface area contributed by atoms with Crippen molar-refractivity contribution in [2.24, 2.45) is 5.92 Å². The lowest BCUT2D eigenvalue weighted by Gasteiger charge is -2.21. The number of amides is 1. The number of hydrogen-bond acceptors (Lipinski definition) is 6. The van der Waals surface area contributed by atoms with Crippen LogP contribution in [0.2, 0.25) is 0 Å². The fourth-order valence-electron chi connectivity index (χ4n) is 3.78. The molecule has 0 bridgehead atoms. The van der Waals surface area contributed by atoms with Crippen molar-refractivity contribution in [3.63, 3.8) is 0 Å². The van der Waals surface area contributed by atoms with Crippen LogP contribution in [0.5, 0.6) is 0 Å². The van der Waals surface area contributed by atoms with E-state index in [-0.39, 0.29) is 25.7 Å². The summed E-state index contributed by atoms with van der Waals surface area (Å²) in [7, 11) is 1.37. The molecule has 3 rings (SSSR count). The molecule has 1 aliphatic rings. The SMILES string of the molecule is COCC(=O)[C@H](CNC(=O)OC(C)(C)C)C(=O)OCC1c2ccccc2-c2ccccc21. The first-order valence-electron chi connectivity index (χ1n) is 10.5. The van der Waals surface area contributed by atoms with Crippen molar-refractivity contribution in [2.75, 3.05) is 26.9 Å². The van der Waals surface area contributed by atoms with Crippen LogP contribution in [-0.4, -0.2) is 50.3 Å². The summed E-state index contributed by atoms with van der Waals surface area (Å²) in [6.45, 7) is 4.79. The van der Waals surface area contributed by atoms with Crippen LogP contribution >= 0.6 is 0 Å². The van der Waals surface area contributed by atoms with Crippen LogP contribution in [0.1, 0.15) is 37.8 Å². The van der Waals surface area contributed by atoms with Gasteiger partial charge in [-0.15, -0.1) is 0 Å². The Morgan fingerprint density at radius 3 is 2.06 bits per heavy atom. The average Bonchev–Trinajstić information content (AvgIpc) is 3.05. The number of fused-ring (bicyclic) bond motifs is 3. The topological polar surface area (TPSA) is 90.9 Å². The molecule has 1 aliphatic carbocycles. The Kier molecular flexibility index (Phi) is 7.30. The van der Waals surface area contributed by atoms with Crippen molar-refractivity contribution in [1.29, 1.82) is 0 Å². The highest BCUT2D eigenvalue weighted by molar-refractivity contribution is 6.00. The van der Waals surface area contributed by atoms with Gasteiger partial charge in [0.1, 0.15) is 24.7 Å². The van der Waals surface area contributed by atoms with Gasteiger partial charge in [0.25, 0.3) is 0 Å². The lowest BCUT2D eigenvalue weighted by Crippen LogP contribution is -2.41. The van der Waals surface area contributed by atoms with E-state index in [2.05, 4.69) is 5.32 Å². The maximum absolute atomic E-state index is 12.8. The maximum Gasteiger partial charge on any atom is 0.407 e. The fraction of sp³-hybridized carbons (Fsp3) is 0.400. The van der Waals surface area contributed by atoms with Crippen molar-refractivity contribution >= 4 is 17.8 Å². The number of rotatable bonds is 8. The van der Waals surface area contributed by atoms with Gasteiger partial charge in [-0.1, -0.05) is 48.5 Å². The average molecular weight is 440 g/mol. The van der Waals surface area contributed by atoms with Crippen molar-refractivity contribution in [1.82, 2.24) is 5.32 Å². The number of Topliss-reactive ketones (excluding diaryl/α,β-unsaturated/α-hetero) is 1. The van der Waals surface area contributed by atoms with Crippen LogP contribution in [0.3, 0.4) is 0 Å². The number of carbonyl (C=O) groups is 3. The third-order valence-corrected chi connectivity index (χ3v) is 5.16. The molecule has 0 saturated heterocycles. The summed E-state index contributed by atoms with van der Waals surface area (Å²) in [6.07, 6.45) is -0.709. The summed E-state index contributed by atoms with van der Waals surface area (Å²) in [5, 5.41) is 2.48. The molecule has 2 aromatic carbocycles. The molecule has 2 aromatic rings. The predicted octanol–water partition coefficient (Wildman–Crippen LogP) is 3.70. The minimum atomic E-state index is -1.19. The number of benzene rings is 2. The molecule has 0 radical (unpaired) electrons. The molecule has 170 valence electrons. The molecule has 0 aromatic heterocycles. The van der Waals surface area contributed by atoms with Gasteiger partial charge in [-0.05, 0) is 43.0 Å². The molecule has 1 amide bonds. The zero-order chi connectivity index (χ0) is 23.3. The molecular formula is C25H29NO6. The number of methoxy groups -OCH3 is 1. The first-order chi connectivity index (χ1) is 15.2. The van der Waals surface area contributed by atoms with Gasteiger partial charge in [0.2, 0.25) is 0 Å². The first kappa shape index (κ1) is 23.5. The number of alkyl carbamates (subject to hydrolysis) is 1. The minimum absolute atomic E-state index is 0.0933. The molecule has 32 heavy (non-hydrogen) atoms. The molecule has 1 N–H and O–H groups in total. The van der Waals surface area contributed by atoms with E-state index in [1.807, 2.05) is 48.5 Å². The summed E-state index contributed by atoms with van der Waals surface area (Å²) in [4.78, 5) is 37.3. The molecule has 0 heterocycles. The van der Waals surface area contributed by atoms with Crippen LogP contribution in [0.15, 0.2) is 48.5 Å². The summed E-state index contributed by atoms with van der Waals surface area (Å²) >= 11 is 0. The quantitative estimate of drug-likeness (QED) is 0.498. The van der Waals surface area contributed by atoms with Crippen LogP contribution in [0, 0.1) is 5.92 Å². The Hall–Kier alpha value is -3.19. The second kappa shape index (κ2) is 9.96. The Balaban J connectivity index is 1.70. The molecule has 7 nitrogen and oxygen atoms in total. The molecule has 0 aliphatic heterocycles. The smallest absolute Gasteiger partial charge is 0.407 e. The largest absolute Gasteiger partial charge is 0.464 e. The number of ether oxygens (including phenoxy) is 3. The van der Waals surface area contributed by atoms with Crippen LogP contribution in [0.25, 0.3) is 11.1 Å². The van der Waals surface area contributed by atoms with Gasteiger partial charge in [-0.25, -0.2) is 4.79 Å². The van der Waals surface area contributed by atoms with Gasteiger partial charge in [0.15, 0.2) is 5.78 Å². The summed E-state index contributed by atoms with van der Waals surface area (Å²) < 4.78 is 15.7. The van der Waals surface area contributed by atoms with Crippen LogP contribution in [-0.2, 0) is 23.8 Å². The second-order valence-corrected chi connectivity index (χ2v) is 8.69. The first-order valence-corrected chi connectivity index (χ1v) is 10.5. The van der Waals surface area contributed by atoms with Gasteiger partial charge < -0.3 is 19.5 Å². The third kappa shape index (κ3) is 5.53. The van der Waals surface area contributed by atoms with Crippen molar-refractivity contribution in [3.8, 4) is 11.1 Å². The second-order valence-electron chi connectivity index (χ2n) is 8.69. The van der Waals surface area contributed by atoms with Crippen LogP contribution < -0.4 is 5.32 Å². The van der Waals surface area contributed by atoms with E-state index in [0.29, 0.717) is 0 Å². The van der Waals surface area contributed by atoms with E-state index >= 15 is 0 Å². The molecule has 0 saturated carbocycles. The predicted molar refractivity (Wildman–Crippen MR) is 119 cm³/mol. The number of esters is 1. The third-order valence-electron chi connectivity index (χ3n) is 5.16. The summed E-state index contributed by atoms with van der Waals surface area (Å²) in [5.41, 5.74) is 3.69. The van der Waals surface area contributed by atoms with E-state index in [1.165, 1.54) is 7.11 Å². The number of carbonyl (C=O) groups excluding carboxylic acids is 3. The number of ketones is 1. The minimum Gasteiger partial charge on any atom is -0.464 e. The Morgan fingerprint density at radius 1 is 0.969 bits per heavy atom. The van der Waals surface area contributed by atoms with E-state index in [0.717, 1.165) is 22.3 Å². The van der Waals surface area contributed by atoms with Gasteiger partial charge in [0, 0.05) is 19.6 Å². The molecule has 0 unspecified atom stereocenters. The Labute approximate surface area is 188 Å². The number of nitrogens with one attached hydrogen (secondary N) is 1. The molecular weight excluding hydrogens is 410 g/mol. The summed E-state index contributed by atoms with van der Waals surface area (Å²) in [6, 6.07) is 16.0. The fourth-order valence-corrected chi connectivity index (χ4v) is 3.78. The lowest BCUT2D eigenvalue weighted by atomic mass is 9.98. The normalized spacial score (nSPS) is 13.6. The standard InChI is InChI=1S/C25H29NO6/c1-25(2,3)32-24(29)26-13-20(22(27)15-30-4)23(28)31-14-21-18-11-7-5-9-16(18)17-10-6-8-12-19(17)21/h5-12,20-21H,13-15H2,1-4H3,(H,26,29)/t20-/m0/s1. The zero-order valence-electron chi connectivity index (χ0n) is 18.8. The monoisotopic (exact) mass is 439 g/mol. The van der Waals surface area contributed by atoms with E-state index in [1.54, 1.807) is 20.8 Å². The highest BCUT2D eigenvalue weighted by Gasteiger charge is 2.33. The van der Waals surface area contributed by atoms with E-state index in [4.69, 9.17) is 14.2 Å². The van der Waals surface area contributed by atoms with Gasteiger partial charge in [0.05, 0.1) is 0 Å². The van der Waals surface area contributed by atoms with E-state index in [9.17, 15) is 14.4 Å². The summed E-state index contributed by atoms with van der Waals surface area (Å²) in [5.74, 6) is -2.48. The highest BCUT2D eigenvalue weighted by atomic mass is 16.6.